The molecule has 1 amide bonds. The van der Waals surface area contributed by atoms with Gasteiger partial charge in [-0.15, -0.1) is 0 Å². The highest BCUT2D eigenvalue weighted by Crippen LogP contribution is 2.36. The highest BCUT2D eigenvalue weighted by atomic mass is 127. The van der Waals surface area contributed by atoms with Crippen molar-refractivity contribution in [2.75, 3.05) is 24.2 Å². The average Bonchev–Trinajstić information content (AvgIpc) is 2.68. The van der Waals surface area contributed by atoms with Crippen molar-refractivity contribution >= 4 is 62.5 Å². The number of anilines is 1. The molecule has 1 saturated heterocycles. The lowest BCUT2D eigenvalue weighted by molar-refractivity contribution is -0.113. The zero-order valence-corrected chi connectivity index (χ0v) is 18.9. The van der Waals surface area contributed by atoms with Gasteiger partial charge in [0.15, 0.2) is 0 Å². The molecular weight excluding hydrogens is 505 g/mol. The maximum atomic E-state index is 12.2. The molecule has 2 aliphatic rings. The number of halogens is 1. The number of thioether (sulfide) groups is 1. The summed E-state index contributed by atoms with van der Waals surface area (Å²) in [6, 6.07) is 13.2. The number of hydrogen-bond donors (Lipinski definition) is 1. The molecule has 3 heterocycles. The number of rotatable bonds is 3. The van der Waals surface area contributed by atoms with Crippen LogP contribution >= 0.6 is 46.6 Å². The summed E-state index contributed by atoms with van der Waals surface area (Å²) in [6.45, 7) is 2.41. The van der Waals surface area contributed by atoms with E-state index in [0.717, 1.165) is 45.3 Å². The monoisotopic (exact) mass is 525 g/mol. The topological polar surface area (TPSA) is 54.3 Å². The molecule has 146 valence electrons. The lowest BCUT2D eigenvalue weighted by atomic mass is 9.83. The summed E-state index contributed by atoms with van der Waals surface area (Å²) >= 11 is 9.26. The van der Waals surface area contributed by atoms with Crippen molar-refractivity contribution in [3.05, 3.63) is 62.1 Å². The van der Waals surface area contributed by atoms with Crippen molar-refractivity contribution in [1.29, 1.82) is 0 Å². The van der Waals surface area contributed by atoms with Crippen molar-refractivity contribution in [3.8, 4) is 0 Å². The van der Waals surface area contributed by atoms with E-state index in [1.54, 1.807) is 6.07 Å². The van der Waals surface area contributed by atoms with E-state index in [4.69, 9.17) is 12.2 Å². The van der Waals surface area contributed by atoms with Gasteiger partial charge in [0, 0.05) is 46.6 Å². The van der Waals surface area contributed by atoms with E-state index in [1.807, 2.05) is 34.9 Å². The van der Waals surface area contributed by atoms with Crippen LogP contribution in [0.4, 0.5) is 5.69 Å². The van der Waals surface area contributed by atoms with Crippen LogP contribution in [0.5, 0.6) is 0 Å². The summed E-state index contributed by atoms with van der Waals surface area (Å²) < 4.78 is 3.81. The molecule has 2 aliphatic heterocycles. The van der Waals surface area contributed by atoms with Crippen LogP contribution in [0.1, 0.15) is 18.0 Å². The Kier molecular flexibility index (Phi) is 6.07. The molecule has 0 saturated carbocycles. The van der Waals surface area contributed by atoms with Gasteiger partial charge >= 0.3 is 0 Å². The predicted octanol–water partition coefficient (Wildman–Crippen LogP) is 3.53. The molecule has 1 N–H and O–H groups in total. The molecule has 1 fully saturated rings. The summed E-state index contributed by atoms with van der Waals surface area (Å²) in [5, 5.41) is 2.91. The largest absolute Gasteiger partial charge is 0.356 e. The molecule has 0 unspecified atom stereocenters. The Labute approximate surface area is 187 Å². The Bertz CT molecular complexity index is 961. The van der Waals surface area contributed by atoms with E-state index in [-0.39, 0.29) is 11.5 Å². The van der Waals surface area contributed by atoms with Crippen molar-refractivity contribution < 1.29 is 4.79 Å². The zero-order valence-electron chi connectivity index (χ0n) is 15.1. The molecular formula is C20H20IN3O2S2. The van der Waals surface area contributed by atoms with E-state index in [0.29, 0.717) is 17.6 Å². The van der Waals surface area contributed by atoms with E-state index < -0.39 is 0 Å². The molecule has 8 heteroatoms. The molecule has 1 aromatic heterocycles. The number of carbonyl (C=O) groups excluding carboxylic acids is 1. The third-order valence-corrected chi connectivity index (χ3v) is 7.44. The van der Waals surface area contributed by atoms with Gasteiger partial charge in [0.2, 0.25) is 5.91 Å². The highest BCUT2D eigenvalue weighted by molar-refractivity contribution is 14.1. The predicted molar refractivity (Wildman–Crippen MR) is 126 cm³/mol. The molecule has 2 aromatic rings. The van der Waals surface area contributed by atoms with Gasteiger partial charge in [-0.3, -0.25) is 9.59 Å². The summed E-state index contributed by atoms with van der Waals surface area (Å²) in [4.78, 5) is 26.6. The maximum Gasteiger partial charge on any atom is 0.250 e. The van der Waals surface area contributed by atoms with Gasteiger partial charge in [-0.2, -0.15) is 0 Å². The van der Waals surface area contributed by atoms with Crippen LogP contribution in [0.25, 0.3) is 0 Å². The number of amides is 1. The highest BCUT2D eigenvalue weighted by Gasteiger charge is 2.35. The normalized spacial score (nSPS) is 20.4. The van der Waals surface area contributed by atoms with Crippen LogP contribution in [0.15, 0.2) is 47.3 Å². The molecule has 4 rings (SSSR count). The number of piperidine rings is 1. The standard InChI is InChI=1S/C20H20IN3O2S2/c21-15-4-6-16(7-5-15)22-18(25)12-28-20(27)23-9-13-8-14(11-23)17-2-1-3-19(26)24(17)10-13/h1-7,13-14H,8-12H2,(H,22,25)/t13-,14-/m0/s1. The molecule has 0 radical (unpaired) electrons. The second kappa shape index (κ2) is 8.54. The first-order valence-corrected chi connectivity index (χ1v) is 11.6. The number of likely N-dealkylation sites (tertiary alicyclic amines) is 1. The fraction of sp³-hybridized carbons (Fsp3) is 0.350. The van der Waals surface area contributed by atoms with E-state index in [2.05, 4.69) is 38.9 Å². The second-order valence-corrected chi connectivity index (χ2v) is 10.1. The summed E-state index contributed by atoms with van der Waals surface area (Å²) in [6.07, 6.45) is 1.10. The Balaban J connectivity index is 1.34. The van der Waals surface area contributed by atoms with Crippen LogP contribution in [0.2, 0.25) is 0 Å². The number of aromatic nitrogens is 1. The lowest BCUT2D eigenvalue weighted by Crippen LogP contribution is -2.48. The number of hydrogen-bond acceptors (Lipinski definition) is 4. The number of thiocarbonyl (C=S) groups is 1. The number of carbonyl (C=O) groups is 1. The quantitative estimate of drug-likeness (QED) is 0.491. The van der Waals surface area contributed by atoms with Crippen LogP contribution in [-0.4, -0.2) is 38.5 Å². The van der Waals surface area contributed by atoms with Gasteiger partial charge in [-0.05, 0) is 65.3 Å². The Hall–Kier alpha value is -1.39. The number of benzene rings is 1. The lowest BCUT2D eigenvalue weighted by Gasteiger charge is -2.43. The van der Waals surface area contributed by atoms with Crippen LogP contribution in [-0.2, 0) is 11.3 Å². The molecule has 2 atom stereocenters. The first-order valence-electron chi connectivity index (χ1n) is 9.16. The average molecular weight is 525 g/mol. The van der Waals surface area contributed by atoms with E-state index in [9.17, 15) is 9.59 Å². The number of fused-ring (bicyclic) bond motifs is 4. The first-order chi connectivity index (χ1) is 13.5. The summed E-state index contributed by atoms with van der Waals surface area (Å²) in [5.41, 5.74) is 1.99. The van der Waals surface area contributed by atoms with Crippen molar-refractivity contribution in [2.24, 2.45) is 5.92 Å². The molecule has 2 bridgehead atoms. The van der Waals surface area contributed by atoms with Gasteiger partial charge in [0.1, 0.15) is 4.32 Å². The van der Waals surface area contributed by atoms with E-state index in [1.165, 1.54) is 11.8 Å². The van der Waals surface area contributed by atoms with Crippen molar-refractivity contribution in [3.63, 3.8) is 0 Å². The van der Waals surface area contributed by atoms with Gasteiger partial charge in [0.25, 0.3) is 5.56 Å². The number of nitrogens with one attached hydrogen (secondary N) is 1. The van der Waals surface area contributed by atoms with Gasteiger partial charge in [0.05, 0.1) is 5.75 Å². The number of pyridine rings is 1. The Morgan fingerprint density at radius 1 is 1.18 bits per heavy atom. The molecule has 5 nitrogen and oxygen atoms in total. The minimum absolute atomic E-state index is 0.0531. The third kappa shape index (κ3) is 4.44. The van der Waals surface area contributed by atoms with Gasteiger partial charge < -0.3 is 14.8 Å². The van der Waals surface area contributed by atoms with E-state index >= 15 is 0 Å². The van der Waals surface area contributed by atoms with Gasteiger partial charge in [-0.25, -0.2) is 0 Å². The van der Waals surface area contributed by atoms with Crippen LogP contribution in [0, 0.1) is 9.49 Å². The zero-order chi connectivity index (χ0) is 19.7. The molecule has 1 aromatic carbocycles. The minimum atomic E-state index is -0.0531. The van der Waals surface area contributed by atoms with Crippen LogP contribution in [0.3, 0.4) is 0 Å². The fourth-order valence-electron chi connectivity index (χ4n) is 3.99. The Morgan fingerprint density at radius 2 is 1.96 bits per heavy atom. The summed E-state index contributed by atoms with van der Waals surface area (Å²) in [5.74, 6) is 0.987. The second-order valence-electron chi connectivity index (χ2n) is 7.21. The maximum absolute atomic E-state index is 12.2. The Morgan fingerprint density at radius 3 is 2.75 bits per heavy atom. The first kappa shape index (κ1) is 19.9. The third-order valence-electron chi connectivity index (χ3n) is 5.19. The molecule has 0 aliphatic carbocycles. The minimum Gasteiger partial charge on any atom is -0.356 e. The van der Waals surface area contributed by atoms with Gasteiger partial charge in [-0.1, -0.05) is 30.0 Å². The smallest absolute Gasteiger partial charge is 0.250 e. The van der Waals surface area contributed by atoms with Crippen LogP contribution < -0.4 is 10.9 Å². The SMILES string of the molecule is O=C(CSC(=S)N1C[C@@H]2C[C@@H](C1)c1cccc(=O)n1C2)Nc1ccc(I)cc1. The summed E-state index contributed by atoms with van der Waals surface area (Å²) in [7, 11) is 0. The number of nitrogens with zero attached hydrogens (tertiary/aromatic N) is 2. The molecule has 0 spiro atoms. The fourth-order valence-corrected chi connectivity index (χ4v) is 5.34. The molecule has 28 heavy (non-hydrogen) atoms. The van der Waals surface area contributed by atoms with Crippen molar-refractivity contribution in [1.82, 2.24) is 9.47 Å². The van der Waals surface area contributed by atoms with Crippen molar-refractivity contribution in [2.45, 2.75) is 18.9 Å².